The number of para-hydroxylation sites is 1. The molecule has 0 radical (unpaired) electrons. The van der Waals surface area contributed by atoms with E-state index >= 15 is 0 Å². The van der Waals surface area contributed by atoms with Gasteiger partial charge in [0.1, 0.15) is 5.65 Å². The fourth-order valence-corrected chi connectivity index (χ4v) is 2.92. The zero-order chi connectivity index (χ0) is 17.9. The Kier molecular flexibility index (Phi) is 4.29. The Morgan fingerprint density at radius 2 is 1.81 bits per heavy atom. The van der Waals surface area contributed by atoms with Crippen LogP contribution in [0.15, 0.2) is 79.1 Å². The molecule has 0 atom stereocenters. The van der Waals surface area contributed by atoms with Crippen molar-refractivity contribution in [2.24, 2.45) is 0 Å². The first-order valence-corrected chi connectivity index (χ1v) is 8.43. The molecule has 5 nitrogen and oxygen atoms in total. The number of rotatable bonds is 3. The van der Waals surface area contributed by atoms with Gasteiger partial charge in [0.15, 0.2) is 0 Å². The lowest BCUT2D eigenvalue weighted by Gasteiger charge is -2.11. The standard InChI is InChI=1S/C20H15ClN4O/c21-14-6-5-7-15(12-14)22-20(26)24-17-9-2-1-8-16(17)18-13-25-11-4-3-10-19(25)23-18/h1-13H,(H2,22,24,26). The lowest BCUT2D eigenvalue weighted by Crippen LogP contribution is -2.19. The summed E-state index contributed by atoms with van der Waals surface area (Å²) in [4.78, 5) is 17.0. The van der Waals surface area contributed by atoms with Gasteiger partial charge >= 0.3 is 6.03 Å². The lowest BCUT2D eigenvalue weighted by molar-refractivity contribution is 0.262. The molecule has 0 aliphatic carbocycles. The van der Waals surface area contributed by atoms with E-state index in [0.29, 0.717) is 16.4 Å². The molecule has 6 heteroatoms. The van der Waals surface area contributed by atoms with E-state index in [9.17, 15) is 4.79 Å². The Balaban J connectivity index is 1.60. The summed E-state index contributed by atoms with van der Waals surface area (Å²) >= 11 is 5.95. The maximum absolute atomic E-state index is 12.4. The van der Waals surface area contributed by atoms with E-state index in [1.165, 1.54) is 0 Å². The van der Waals surface area contributed by atoms with Crippen LogP contribution in [-0.2, 0) is 0 Å². The van der Waals surface area contributed by atoms with E-state index in [0.717, 1.165) is 16.9 Å². The van der Waals surface area contributed by atoms with Crippen LogP contribution in [0.1, 0.15) is 0 Å². The number of halogens is 1. The molecule has 0 unspecified atom stereocenters. The summed E-state index contributed by atoms with van der Waals surface area (Å²) in [5.74, 6) is 0. The Bertz CT molecular complexity index is 1060. The second kappa shape index (κ2) is 6.90. The van der Waals surface area contributed by atoms with Crippen LogP contribution in [0.5, 0.6) is 0 Å². The third kappa shape index (κ3) is 3.38. The number of benzene rings is 2. The van der Waals surface area contributed by atoms with Crippen molar-refractivity contribution >= 4 is 34.7 Å². The molecule has 2 N–H and O–H groups in total. The second-order valence-corrected chi connectivity index (χ2v) is 6.16. The average molecular weight is 363 g/mol. The van der Waals surface area contributed by atoms with Gasteiger partial charge in [-0.3, -0.25) is 0 Å². The highest BCUT2D eigenvalue weighted by Gasteiger charge is 2.11. The van der Waals surface area contributed by atoms with Crippen LogP contribution in [0.3, 0.4) is 0 Å². The average Bonchev–Trinajstić information content (AvgIpc) is 3.06. The molecule has 26 heavy (non-hydrogen) atoms. The number of pyridine rings is 1. The SMILES string of the molecule is O=C(Nc1cccc(Cl)c1)Nc1ccccc1-c1cn2ccccc2n1. The normalized spacial score (nSPS) is 10.7. The Morgan fingerprint density at radius 3 is 2.65 bits per heavy atom. The predicted molar refractivity (Wildman–Crippen MR) is 105 cm³/mol. The van der Waals surface area contributed by atoms with Crippen molar-refractivity contribution in [2.45, 2.75) is 0 Å². The zero-order valence-corrected chi connectivity index (χ0v) is 14.4. The Labute approximate surface area is 155 Å². The molecule has 4 rings (SSSR count). The first-order valence-electron chi connectivity index (χ1n) is 8.06. The third-order valence-electron chi connectivity index (χ3n) is 3.90. The molecular formula is C20H15ClN4O. The molecular weight excluding hydrogens is 348 g/mol. The topological polar surface area (TPSA) is 58.4 Å². The molecule has 0 aliphatic heterocycles. The van der Waals surface area contributed by atoms with Gasteiger partial charge in [0.25, 0.3) is 0 Å². The highest BCUT2D eigenvalue weighted by molar-refractivity contribution is 6.30. The van der Waals surface area contributed by atoms with E-state index in [2.05, 4.69) is 15.6 Å². The van der Waals surface area contributed by atoms with Gasteiger partial charge < -0.3 is 15.0 Å². The number of imidazole rings is 1. The molecule has 128 valence electrons. The van der Waals surface area contributed by atoms with E-state index in [4.69, 9.17) is 11.6 Å². The molecule has 0 spiro atoms. The molecule has 2 heterocycles. The van der Waals surface area contributed by atoms with Crippen molar-refractivity contribution in [1.29, 1.82) is 0 Å². The minimum absolute atomic E-state index is 0.344. The van der Waals surface area contributed by atoms with Crippen LogP contribution >= 0.6 is 11.6 Å². The third-order valence-corrected chi connectivity index (χ3v) is 4.13. The van der Waals surface area contributed by atoms with Crippen molar-refractivity contribution < 1.29 is 4.79 Å². The summed E-state index contributed by atoms with van der Waals surface area (Å²) in [5.41, 5.74) is 3.78. The van der Waals surface area contributed by atoms with Gasteiger partial charge in [0.2, 0.25) is 0 Å². The summed E-state index contributed by atoms with van der Waals surface area (Å²) in [6, 6.07) is 20.0. The van der Waals surface area contributed by atoms with Gasteiger partial charge in [0.05, 0.1) is 11.4 Å². The first kappa shape index (κ1) is 16.2. The van der Waals surface area contributed by atoms with Crippen LogP contribution in [0.2, 0.25) is 5.02 Å². The van der Waals surface area contributed by atoms with Gasteiger partial charge in [0, 0.05) is 28.7 Å². The number of carbonyl (C=O) groups is 1. The maximum Gasteiger partial charge on any atom is 0.323 e. The minimum Gasteiger partial charge on any atom is -0.308 e. The van der Waals surface area contributed by atoms with Gasteiger partial charge in [-0.05, 0) is 36.4 Å². The van der Waals surface area contributed by atoms with E-state index < -0.39 is 0 Å². The van der Waals surface area contributed by atoms with E-state index in [-0.39, 0.29) is 6.03 Å². The first-order chi connectivity index (χ1) is 12.7. The van der Waals surface area contributed by atoms with Crippen molar-refractivity contribution in [2.75, 3.05) is 10.6 Å². The van der Waals surface area contributed by atoms with Gasteiger partial charge in [-0.1, -0.05) is 41.9 Å². The van der Waals surface area contributed by atoms with Crippen molar-refractivity contribution in [3.8, 4) is 11.3 Å². The van der Waals surface area contributed by atoms with Crippen LogP contribution < -0.4 is 10.6 Å². The molecule has 0 saturated heterocycles. The summed E-state index contributed by atoms with van der Waals surface area (Å²) in [7, 11) is 0. The van der Waals surface area contributed by atoms with Gasteiger partial charge in [-0.25, -0.2) is 9.78 Å². The summed E-state index contributed by atoms with van der Waals surface area (Å²) in [6.07, 6.45) is 3.87. The highest BCUT2D eigenvalue weighted by Crippen LogP contribution is 2.27. The van der Waals surface area contributed by atoms with E-state index in [1.54, 1.807) is 24.3 Å². The van der Waals surface area contributed by atoms with Gasteiger partial charge in [-0.15, -0.1) is 0 Å². The number of amides is 2. The molecule has 0 fully saturated rings. The number of urea groups is 1. The number of aromatic nitrogens is 2. The van der Waals surface area contributed by atoms with E-state index in [1.807, 2.05) is 59.3 Å². The lowest BCUT2D eigenvalue weighted by atomic mass is 10.1. The molecule has 2 aromatic carbocycles. The zero-order valence-electron chi connectivity index (χ0n) is 13.7. The number of anilines is 2. The maximum atomic E-state index is 12.4. The van der Waals surface area contributed by atoms with Crippen LogP contribution in [0.25, 0.3) is 16.9 Å². The molecule has 0 aliphatic rings. The van der Waals surface area contributed by atoms with Crippen molar-refractivity contribution in [3.05, 3.63) is 84.1 Å². The Morgan fingerprint density at radius 1 is 0.962 bits per heavy atom. The fourth-order valence-electron chi connectivity index (χ4n) is 2.73. The summed E-state index contributed by atoms with van der Waals surface area (Å²) < 4.78 is 1.94. The summed E-state index contributed by atoms with van der Waals surface area (Å²) in [6.45, 7) is 0. The van der Waals surface area contributed by atoms with Crippen molar-refractivity contribution in [3.63, 3.8) is 0 Å². The van der Waals surface area contributed by atoms with Crippen molar-refractivity contribution in [1.82, 2.24) is 9.38 Å². The Hall–Kier alpha value is -3.31. The number of fused-ring (bicyclic) bond motifs is 1. The largest absolute Gasteiger partial charge is 0.323 e. The predicted octanol–water partition coefficient (Wildman–Crippen LogP) is 5.30. The number of nitrogens with zero attached hydrogens (tertiary/aromatic N) is 2. The van der Waals surface area contributed by atoms with Crippen LogP contribution in [0, 0.1) is 0 Å². The van der Waals surface area contributed by atoms with Crippen LogP contribution in [-0.4, -0.2) is 15.4 Å². The number of carbonyl (C=O) groups excluding carboxylic acids is 1. The molecule has 0 saturated carbocycles. The number of hydrogen-bond acceptors (Lipinski definition) is 2. The second-order valence-electron chi connectivity index (χ2n) is 5.73. The monoisotopic (exact) mass is 362 g/mol. The minimum atomic E-state index is -0.344. The number of hydrogen-bond donors (Lipinski definition) is 2. The van der Waals surface area contributed by atoms with Gasteiger partial charge in [-0.2, -0.15) is 0 Å². The molecule has 2 amide bonds. The number of nitrogens with one attached hydrogen (secondary N) is 2. The fraction of sp³-hybridized carbons (Fsp3) is 0. The molecule has 0 bridgehead atoms. The summed E-state index contributed by atoms with van der Waals surface area (Å²) in [5, 5.41) is 6.22. The smallest absolute Gasteiger partial charge is 0.308 e. The van der Waals surface area contributed by atoms with Crippen LogP contribution in [0.4, 0.5) is 16.2 Å². The molecule has 4 aromatic rings. The quantitative estimate of drug-likeness (QED) is 0.519. The molecule has 2 aromatic heterocycles. The highest BCUT2D eigenvalue weighted by atomic mass is 35.5.